The highest BCUT2D eigenvalue weighted by atomic mass is 16.3. The van der Waals surface area contributed by atoms with Crippen LogP contribution in [0.1, 0.15) is 25.6 Å². The third-order valence-corrected chi connectivity index (χ3v) is 2.44. The Bertz CT molecular complexity index is 267. The molecule has 0 aromatic heterocycles. The Morgan fingerprint density at radius 2 is 1.71 bits per heavy atom. The second-order valence-electron chi connectivity index (χ2n) is 3.26. The van der Waals surface area contributed by atoms with Gasteiger partial charge < -0.3 is 10.8 Å². The van der Waals surface area contributed by atoms with E-state index in [1.54, 1.807) is 12.1 Å². The van der Waals surface area contributed by atoms with E-state index in [2.05, 4.69) is 18.7 Å². The molecule has 0 saturated heterocycles. The van der Waals surface area contributed by atoms with Crippen LogP contribution in [0.25, 0.3) is 0 Å². The quantitative estimate of drug-likeness (QED) is 0.717. The fourth-order valence-electron chi connectivity index (χ4n) is 1.50. The minimum Gasteiger partial charge on any atom is -0.508 e. The van der Waals surface area contributed by atoms with Crippen LogP contribution >= 0.6 is 0 Å². The molecule has 1 aromatic carbocycles. The molecule has 0 heterocycles. The summed E-state index contributed by atoms with van der Waals surface area (Å²) in [7, 11) is 0. The number of hydrogen-bond acceptors (Lipinski definition) is 3. The van der Waals surface area contributed by atoms with Gasteiger partial charge in [0.25, 0.3) is 0 Å². The molecule has 3 nitrogen and oxygen atoms in total. The first kappa shape index (κ1) is 11.0. The SMILES string of the molecule is CCN(CC)C(N)c1ccc(O)cc1. The van der Waals surface area contributed by atoms with Gasteiger partial charge in [0.15, 0.2) is 0 Å². The first-order chi connectivity index (χ1) is 6.69. The minimum atomic E-state index is -0.0781. The molecule has 0 aliphatic carbocycles. The number of aromatic hydroxyl groups is 1. The monoisotopic (exact) mass is 194 g/mol. The van der Waals surface area contributed by atoms with Gasteiger partial charge >= 0.3 is 0 Å². The molecule has 1 atom stereocenters. The Kier molecular flexibility index (Phi) is 3.92. The largest absolute Gasteiger partial charge is 0.508 e. The molecule has 78 valence electrons. The van der Waals surface area contributed by atoms with Gasteiger partial charge in [-0.3, -0.25) is 4.90 Å². The summed E-state index contributed by atoms with van der Waals surface area (Å²) in [6.45, 7) is 6.03. The van der Waals surface area contributed by atoms with E-state index in [0.29, 0.717) is 0 Å². The molecule has 0 aliphatic heterocycles. The summed E-state index contributed by atoms with van der Waals surface area (Å²) >= 11 is 0. The molecule has 3 heteroatoms. The van der Waals surface area contributed by atoms with Gasteiger partial charge in [-0.05, 0) is 30.8 Å². The molecule has 0 radical (unpaired) electrons. The Balaban J connectivity index is 2.77. The van der Waals surface area contributed by atoms with E-state index in [1.165, 1.54) is 0 Å². The van der Waals surface area contributed by atoms with E-state index in [9.17, 15) is 0 Å². The first-order valence-electron chi connectivity index (χ1n) is 4.97. The highest BCUT2D eigenvalue weighted by Gasteiger charge is 2.11. The van der Waals surface area contributed by atoms with E-state index in [0.717, 1.165) is 18.7 Å². The fraction of sp³-hybridized carbons (Fsp3) is 0.455. The molecule has 3 N–H and O–H groups in total. The Morgan fingerprint density at radius 3 is 2.14 bits per heavy atom. The number of benzene rings is 1. The van der Waals surface area contributed by atoms with Crippen molar-refractivity contribution in [3.8, 4) is 5.75 Å². The standard InChI is InChI=1S/C11H18N2O/c1-3-13(4-2)11(12)9-5-7-10(14)8-6-9/h5-8,11,14H,3-4,12H2,1-2H3. The summed E-state index contributed by atoms with van der Waals surface area (Å²) in [6.07, 6.45) is -0.0781. The van der Waals surface area contributed by atoms with Crippen LogP contribution in [0.2, 0.25) is 0 Å². The van der Waals surface area contributed by atoms with Crippen molar-refractivity contribution in [1.29, 1.82) is 0 Å². The van der Waals surface area contributed by atoms with Crippen LogP contribution in [0.3, 0.4) is 0 Å². The van der Waals surface area contributed by atoms with Crippen molar-refractivity contribution in [2.75, 3.05) is 13.1 Å². The number of phenols is 1. The highest BCUT2D eigenvalue weighted by molar-refractivity contribution is 5.27. The lowest BCUT2D eigenvalue weighted by Gasteiger charge is -2.26. The van der Waals surface area contributed by atoms with Crippen LogP contribution in [-0.2, 0) is 0 Å². The molecule has 14 heavy (non-hydrogen) atoms. The molecular formula is C11H18N2O. The number of nitrogens with zero attached hydrogens (tertiary/aromatic N) is 1. The molecule has 0 saturated carbocycles. The Hall–Kier alpha value is -1.06. The van der Waals surface area contributed by atoms with Gasteiger partial charge in [0.05, 0.1) is 6.17 Å². The van der Waals surface area contributed by atoms with Gasteiger partial charge in [0, 0.05) is 0 Å². The zero-order valence-corrected chi connectivity index (χ0v) is 8.77. The zero-order valence-electron chi connectivity index (χ0n) is 8.77. The van der Waals surface area contributed by atoms with E-state index in [-0.39, 0.29) is 11.9 Å². The maximum Gasteiger partial charge on any atom is 0.115 e. The average molecular weight is 194 g/mol. The van der Waals surface area contributed by atoms with Crippen LogP contribution in [0.4, 0.5) is 0 Å². The smallest absolute Gasteiger partial charge is 0.115 e. The topological polar surface area (TPSA) is 49.5 Å². The lowest BCUT2D eigenvalue weighted by molar-refractivity contribution is 0.224. The minimum absolute atomic E-state index is 0.0781. The maximum atomic E-state index is 9.14. The molecule has 1 aromatic rings. The van der Waals surface area contributed by atoms with Crippen LogP contribution < -0.4 is 5.73 Å². The van der Waals surface area contributed by atoms with E-state index < -0.39 is 0 Å². The van der Waals surface area contributed by atoms with Crippen LogP contribution in [0.15, 0.2) is 24.3 Å². The molecule has 0 amide bonds. The third kappa shape index (κ3) is 2.47. The number of nitrogens with two attached hydrogens (primary N) is 1. The van der Waals surface area contributed by atoms with Crippen molar-refractivity contribution >= 4 is 0 Å². The summed E-state index contributed by atoms with van der Waals surface area (Å²) in [6, 6.07) is 7.05. The van der Waals surface area contributed by atoms with Crippen molar-refractivity contribution in [2.45, 2.75) is 20.0 Å². The van der Waals surface area contributed by atoms with E-state index in [4.69, 9.17) is 10.8 Å². The first-order valence-corrected chi connectivity index (χ1v) is 4.97. The van der Waals surface area contributed by atoms with Crippen LogP contribution in [0.5, 0.6) is 5.75 Å². The lowest BCUT2D eigenvalue weighted by Crippen LogP contribution is -2.34. The second kappa shape index (κ2) is 4.98. The maximum absolute atomic E-state index is 9.14. The normalized spacial score (nSPS) is 13.1. The molecule has 0 bridgehead atoms. The van der Waals surface area contributed by atoms with Crippen molar-refractivity contribution < 1.29 is 5.11 Å². The molecule has 0 aliphatic rings. The van der Waals surface area contributed by atoms with Crippen molar-refractivity contribution in [2.24, 2.45) is 5.73 Å². The predicted molar refractivity (Wildman–Crippen MR) is 58.0 cm³/mol. The van der Waals surface area contributed by atoms with Gasteiger partial charge in [-0.15, -0.1) is 0 Å². The summed E-state index contributed by atoms with van der Waals surface area (Å²) in [5.41, 5.74) is 7.09. The molecular weight excluding hydrogens is 176 g/mol. The Morgan fingerprint density at radius 1 is 1.21 bits per heavy atom. The van der Waals surface area contributed by atoms with Crippen LogP contribution in [-0.4, -0.2) is 23.1 Å². The highest BCUT2D eigenvalue weighted by Crippen LogP contribution is 2.17. The molecule has 1 rings (SSSR count). The van der Waals surface area contributed by atoms with Crippen LogP contribution in [0, 0.1) is 0 Å². The third-order valence-electron chi connectivity index (χ3n) is 2.44. The number of rotatable bonds is 4. The molecule has 0 spiro atoms. The van der Waals surface area contributed by atoms with E-state index in [1.807, 2.05) is 12.1 Å². The average Bonchev–Trinajstić information content (AvgIpc) is 2.20. The van der Waals surface area contributed by atoms with Gasteiger partial charge in [-0.2, -0.15) is 0 Å². The predicted octanol–water partition coefficient (Wildman–Crippen LogP) is 1.69. The zero-order chi connectivity index (χ0) is 10.6. The Labute approximate surface area is 85.2 Å². The number of hydrogen-bond donors (Lipinski definition) is 2. The van der Waals surface area contributed by atoms with Crippen molar-refractivity contribution in [3.63, 3.8) is 0 Å². The van der Waals surface area contributed by atoms with E-state index >= 15 is 0 Å². The summed E-state index contributed by atoms with van der Waals surface area (Å²) < 4.78 is 0. The van der Waals surface area contributed by atoms with Crippen molar-refractivity contribution in [1.82, 2.24) is 4.90 Å². The van der Waals surface area contributed by atoms with Gasteiger partial charge in [-0.1, -0.05) is 26.0 Å². The summed E-state index contributed by atoms with van der Waals surface area (Å²) in [4.78, 5) is 2.16. The second-order valence-corrected chi connectivity index (χ2v) is 3.26. The van der Waals surface area contributed by atoms with Gasteiger partial charge in [-0.25, -0.2) is 0 Å². The lowest BCUT2D eigenvalue weighted by atomic mass is 10.1. The summed E-state index contributed by atoms with van der Waals surface area (Å²) in [5.74, 6) is 0.278. The fourth-order valence-corrected chi connectivity index (χ4v) is 1.50. The number of phenolic OH excluding ortho intramolecular Hbond substituents is 1. The van der Waals surface area contributed by atoms with Gasteiger partial charge in [0.1, 0.15) is 5.75 Å². The summed E-state index contributed by atoms with van der Waals surface area (Å²) in [5, 5.41) is 9.14. The van der Waals surface area contributed by atoms with Crippen molar-refractivity contribution in [3.05, 3.63) is 29.8 Å². The molecule has 0 fully saturated rings. The van der Waals surface area contributed by atoms with Gasteiger partial charge in [0.2, 0.25) is 0 Å². The molecule has 1 unspecified atom stereocenters.